The summed E-state index contributed by atoms with van der Waals surface area (Å²) in [5.74, 6) is -0.593. The molecule has 10 nitrogen and oxygen atoms in total. The first-order valence-corrected chi connectivity index (χ1v) is 13.6. The molecule has 2 atom stereocenters. The van der Waals surface area contributed by atoms with Crippen LogP contribution in [0, 0.1) is 6.92 Å². The molecule has 3 N–H and O–H groups in total. The van der Waals surface area contributed by atoms with Crippen molar-refractivity contribution in [3.63, 3.8) is 0 Å². The van der Waals surface area contributed by atoms with Gasteiger partial charge in [0, 0.05) is 32.0 Å². The highest BCUT2D eigenvalue weighted by molar-refractivity contribution is 6.21. The van der Waals surface area contributed by atoms with E-state index in [0.717, 1.165) is 31.2 Å². The number of hydrogen-bond acceptors (Lipinski definition) is 7. The summed E-state index contributed by atoms with van der Waals surface area (Å²) in [6.07, 6.45) is 5.03. The lowest BCUT2D eigenvalue weighted by Crippen LogP contribution is -2.40. The van der Waals surface area contributed by atoms with Gasteiger partial charge in [-0.25, -0.2) is 0 Å². The first-order chi connectivity index (χ1) is 19.4. The number of hydrogen-bond donors (Lipinski definition) is 3. The van der Waals surface area contributed by atoms with Gasteiger partial charge in [0.15, 0.2) is 18.1 Å². The number of benzene rings is 2. The molecule has 0 saturated carbocycles. The molecule has 4 rings (SSSR count). The predicted octanol–water partition coefficient (Wildman–Crippen LogP) is 2.99. The molecule has 10 heteroatoms. The van der Waals surface area contributed by atoms with Crippen LogP contribution in [0.25, 0.3) is 6.08 Å². The van der Waals surface area contributed by atoms with E-state index >= 15 is 0 Å². The zero-order chi connectivity index (χ0) is 28.3. The highest BCUT2D eigenvalue weighted by Gasteiger charge is 2.23. The Hall–Kier alpha value is -3.89. The second-order valence-corrected chi connectivity index (χ2v) is 9.86. The number of anilines is 1. The molecule has 0 radical (unpaired) electrons. The third kappa shape index (κ3) is 8.56. The second kappa shape index (κ2) is 14.5. The number of rotatable bonds is 12. The summed E-state index contributed by atoms with van der Waals surface area (Å²) in [7, 11) is 1.48. The molecule has 214 valence electrons. The van der Waals surface area contributed by atoms with E-state index < -0.39 is 11.8 Å². The maximum atomic E-state index is 13.1. The van der Waals surface area contributed by atoms with Gasteiger partial charge in [-0.3, -0.25) is 14.4 Å². The summed E-state index contributed by atoms with van der Waals surface area (Å²) in [6, 6.07) is 12.4. The smallest absolute Gasteiger partial charge is 0.262 e. The summed E-state index contributed by atoms with van der Waals surface area (Å²) < 4.78 is 22.3. The molecule has 0 spiro atoms. The minimum Gasteiger partial charge on any atom is -0.493 e. The van der Waals surface area contributed by atoms with E-state index in [1.54, 1.807) is 18.2 Å². The molecule has 0 aromatic heterocycles. The molecule has 0 aliphatic carbocycles. The van der Waals surface area contributed by atoms with Gasteiger partial charge in [0.25, 0.3) is 17.7 Å². The molecular weight excluding hydrogens is 514 g/mol. The summed E-state index contributed by atoms with van der Waals surface area (Å²) in [5, 5.41) is 8.43. The van der Waals surface area contributed by atoms with Crippen LogP contribution in [0.15, 0.2) is 48.0 Å². The van der Waals surface area contributed by atoms with Crippen molar-refractivity contribution < 1.29 is 33.3 Å². The van der Waals surface area contributed by atoms with Crippen LogP contribution in [0.1, 0.15) is 36.8 Å². The van der Waals surface area contributed by atoms with Crippen molar-refractivity contribution >= 4 is 29.5 Å². The quantitative estimate of drug-likeness (QED) is 0.210. The Bertz CT molecular complexity index is 1170. The van der Waals surface area contributed by atoms with Crippen molar-refractivity contribution in [2.45, 2.75) is 44.8 Å². The van der Waals surface area contributed by atoms with Crippen molar-refractivity contribution in [2.75, 3.05) is 45.3 Å². The van der Waals surface area contributed by atoms with E-state index in [1.165, 1.54) is 13.2 Å². The van der Waals surface area contributed by atoms with Gasteiger partial charge in [0.05, 0.1) is 19.3 Å². The first kappa shape index (κ1) is 29.1. The van der Waals surface area contributed by atoms with E-state index in [1.807, 2.05) is 31.2 Å². The molecule has 2 aliphatic heterocycles. The molecule has 40 heavy (non-hydrogen) atoms. The molecule has 2 aromatic carbocycles. The van der Waals surface area contributed by atoms with Crippen molar-refractivity contribution in [1.29, 1.82) is 0 Å². The number of nitrogens with one attached hydrogen (secondary N) is 3. The molecule has 0 bridgehead atoms. The van der Waals surface area contributed by atoms with E-state index in [9.17, 15) is 14.4 Å². The fourth-order valence-corrected chi connectivity index (χ4v) is 4.49. The van der Waals surface area contributed by atoms with Crippen LogP contribution in [-0.2, 0) is 23.9 Å². The number of carbonyl (C=O) groups excluding carboxylic acids is 3. The van der Waals surface area contributed by atoms with E-state index in [4.69, 9.17) is 18.9 Å². The Morgan fingerprint density at radius 3 is 2.08 bits per heavy atom. The normalized spacial score (nSPS) is 18.7. The second-order valence-electron chi connectivity index (χ2n) is 9.86. The Balaban J connectivity index is 1.43. The van der Waals surface area contributed by atoms with Gasteiger partial charge < -0.3 is 34.9 Å². The standard InChI is InChI=1S/C30H37N3O7/c1-20-7-10-22(11-8-20)33-28(34)19-40-26-12-9-21(16-27(26)37-2)15-25(29(35)31-17-23-5-3-13-38-23)30(36)32-18-24-6-4-14-39-24/h7-12,15-16,23-24H,3-6,13-14,17-19H2,1-2H3,(H,31,35)(H,32,36)(H,33,34)/t23-,24+. The van der Waals surface area contributed by atoms with E-state index in [0.29, 0.717) is 49.1 Å². The minimum atomic E-state index is -0.493. The molecule has 2 saturated heterocycles. The summed E-state index contributed by atoms with van der Waals surface area (Å²) >= 11 is 0. The molecule has 2 aliphatic rings. The number of amides is 3. The fourth-order valence-electron chi connectivity index (χ4n) is 4.49. The molecule has 2 fully saturated rings. The molecule has 2 heterocycles. The van der Waals surface area contributed by atoms with Crippen LogP contribution in [0.4, 0.5) is 5.69 Å². The zero-order valence-corrected chi connectivity index (χ0v) is 23.0. The van der Waals surface area contributed by atoms with Gasteiger partial charge in [-0.1, -0.05) is 23.8 Å². The molecule has 0 unspecified atom stereocenters. The molecule has 3 amide bonds. The average molecular weight is 552 g/mol. The number of ether oxygens (including phenoxy) is 4. The Labute approximate surface area is 234 Å². The van der Waals surface area contributed by atoms with Crippen molar-refractivity contribution in [3.8, 4) is 11.5 Å². The van der Waals surface area contributed by atoms with Crippen molar-refractivity contribution in [1.82, 2.24) is 10.6 Å². The first-order valence-electron chi connectivity index (χ1n) is 13.6. The van der Waals surface area contributed by atoms with Crippen molar-refractivity contribution in [2.24, 2.45) is 0 Å². The Kier molecular flexibility index (Phi) is 10.5. The topological polar surface area (TPSA) is 124 Å². The largest absolute Gasteiger partial charge is 0.493 e. The predicted molar refractivity (Wildman–Crippen MR) is 150 cm³/mol. The highest BCUT2D eigenvalue weighted by Crippen LogP contribution is 2.29. The van der Waals surface area contributed by atoms with Crippen LogP contribution >= 0.6 is 0 Å². The zero-order valence-electron chi connectivity index (χ0n) is 23.0. The maximum absolute atomic E-state index is 13.1. The number of carbonyl (C=O) groups is 3. The van der Waals surface area contributed by atoms with Gasteiger partial charge in [-0.05, 0) is 68.5 Å². The van der Waals surface area contributed by atoms with Gasteiger partial charge in [-0.15, -0.1) is 0 Å². The molecule has 2 aromatic rings. The number of methoxy groups -OCH3 is 1. The summed E-state index contributed by atoms with van der Waals surface area (Å²) in [5.41, 5.74) is 2.29. The lowest BCUT2D eigenvalue weighted by molar-refractivity contribution is -0.124. The van der Waals surface area contributed by atoms with E-state index in [-0.39, 0.29) is 30.3 Å². The van der Waals surface area contributed by atoms with Gasteiger partial charge in [0.2, 0.25) is 0 Å². The SMILES string of the molecule is COc1cc(C=C(C(=O)NC[C@H]2CCCO2)C(=O)NC[C@@H]2CCCO2)ccc1OCC(=O)Nc1ccc(C)cc1. The van der Waals surface area contributed by atoms with Crippen molar-refractivity contribution in [3.05, 3.63) is 59.2 Å². The molecular formula is C30H37N3O7. The van der Waals surface area contributed by atoms with Crippen LogP contribution in [0.2, 0.25) is 0 Å². The fraction of sp³-hybridized carbons (Fsp3) is 0.433. The third-order valence-electron chi connectivity index (χ3n) is 6.71. The third-order valence-corrected chi connectivity index (χ3v) is 6.71. The maximum Gasteiger partial charge on any atom is 0.262 e. The Morgan fingerprint density at radius 2 is 1.52 bits per heavy atom. The summed E-state index contributed by atoms with van der Waals surface area (Å²) in [4.78, 5) is 38.5. The van der Waals surface area contributed by atoms with Crippen LogP contribution in [0.5, 0.6) is 11.5 Å². The van der Waals surface area contributed by atoms with Crippen LogP contribution in [-0.4, -0.2) is 69.9 Å². The highest BCUT2D eigenvalue weighted by atomic mass is 16.5. The monoisotopic (exact) mass is 551 g/mol. The van der Waals surface area contributed by atoms with Gasteiger partial charge >= 0.3 is 0 Å². The van der Waals surface area contributed by atoms with Crippen LogP contribution < -0.4 is 25.4 Å². The number of aryl methyl sites for hydroxylation is 1. The lowest BCUT2D eigenvalue weighted by atomic mass is 10.1. The van der Waals surface area contributed by atoms with Gasteiger partial charge in [0.1, 0.15) is 5.57 Å². The van der Waals surface area contributed by atoms with Gasteiger partial charge in [-0.2, -0.15) is 0 Å². The Morgan fingerprint density at radius 1 is 0.900 bits per heavy atom. The average Bonchev–Trinajstić information content (AvgIpc) is 3.68. The van der Waals surface area contributed by atoms with E-state index in [2.05, 4.69) is 16.0 Å². The minimum absolute atomic E-state index is 0.0378. The van der Waals surface area contributed by atoms with Crippen LogP contribution in [0.3, 0.4) is 0 Å². The summed E-state index contributed by atoms with van der Waals surface area (Å²) in [6.45, 7) is 3.76. The lowest BCUT2D eigenvalue weighted by Gasteiger charge is -2.15.